The number of nitrogens with two attached hydrogens (primary N) is 1. The zero-order valence-corrected chi connectivity index (χ0v) is 26.6. The number of amides is 1. The smallest absolute Gasteiger partial charge is 0.227 e. The Hall–Kier alpha value is -1.78. The molecule has 5 nitrogen and oxygen atoms in total. The van der Waals surface area contributed by atoms with E-state index >= 15 is 0 Å². The molecule has 0 aromatic carbocycles. The highest BCUT2D eigenvalue weighted by atomic mass is 16.3. The second-order valence-electron chi connectivity index (χ2n) is 12.2. The fourth-order valence-corrected chi connectivity index (χ4v) is 5.13. The van der Waals surface area contributed by atoms with Crippen molar-refractivity contribution in [1.29, 1.82) is 0 Å². The molecular weight excluding hydrogens is 498 g/mol. The monoisotopic (exact) mass is 563 g/mol. The van der Waals surface area contributed by atoms with Crippen LogP contribution >= 0.6 is 0 Å². The Morgan fingerprint density at radius 2 is 1.02 bits per heavy atom. The number of hydrogen-bond donors (Lipinski definition) is 3. The van der Waals surface area contributed by atoms with Gasteiger partial charge in [0.2, 0.25) is 5.91 Å². The first-order valence-corrected chi connectivity index (χ1v) is 16.9. The van der Waals surface area contributed by atoms with E-state index in [-0.39, 0.29) is 17.3 Å². The van der Waals surface area contributed by atoms with Crippen molar-refractivity contribution in [1.82, 2.24) is 0 Å². The average molecular weight is 564 g/mol. The molecule has 0 radical (unpaired) electrons. The fourth-order valence-electron chi connectivity index (χ4n) is 5.13. The minimum Gasteiger partial charge on any atom is -0.509 e. The number of primary amides is 1. The summed E-state index contributed by atoms with van der Waals surface area (Å²) in [5, 5.41) is 20.0. The first kappa shape index (κ1) is 38.2. The molecule has 1 atom stereocenters. The number of unbranched alkanes of at least 4 members (excludes halogenated alkanes) is 15. The summed E-state index contributed by atoms with van der Waals surface area (Å²) in [4.78, 5) is 24.4. The van der Waals surface area contributed by atoms with Gasteiger partial charge in [-0.05, 0) is 57.3 Å². The van der Waals surface area contributed by atoms with Crippen LogP contribution in [-0.2, 0) is 9.59 Å². The van der Waals surface area contributed by atoms with Gasteiger partial charge in [0, 0.05) is 19.3 Å². The number of allylic oxidation sites excluding steroid dienone is 4. The highest BCUT2D eigenvalue weighted by Crippen LogP contribution is 2.19. The van der Waals surface area contributed by atoms with Crippen LogP contribution in [-0.4, -0.2) is 21.9 Å². The van der Waals surface area contributed by atoms with Crippen molar-refractivity contribution in [2.45, 2.75) is 175 Å². The summed E-state index contributed by atoms with van der Waals surface area (Å²) in [6, 6.07) is 0. The largest absolute Gasteiger partial charge is 0.509 e. The highest BCUT2D eigenvalue weighted by Gasteiger charge is 2.23. The molecule has 0 aliphatic rings. The Balaban J connectivity index is 3.82. The molecule has 0 aliphatic heterocycles. The van der Waals surface area contributed by atoms with Gasteiger partial charge in [-0.15, -0.1) is 0 Å². The van der Waals surface area contributed by atoms with Crippen molar-refractivity contribution in [3.63, 3.8) is 0 Å². The Morgan fingerprint density at radius 1 is 0.600 bits per heavy atom. The minimum atomic E-state index is -0.666. The summed E-state index contributed by atoms with van der Waals surface area (Å²) >= 11 is 0. The fraction of sp³-hybridized carbons (Fsp3) is 0.829. The van der Waals surface area contributed by atoms with E-state index < -0.39 is 11.8 Å². The van der Waals surface area contributed by atoms with E-state index in [2.05, 4.69) is 32.9 Å². The third kappa shape index (κ3) is 24.1. The third-order valence-corrected chi connectivity index (χ3v) is 7.85. The van der Waals surface area contributed by atoms with E-state index in [0.717, 1.165) is 83.0 Å². The van der Waals surface area contributed by atoms with Gasteiger partial charge in [0.15, 0.2) is 0 Å². The lowest BCUT2D eigenvalue weighted by Gasteiger charge is -2.12. The Kier molecular flexibility index (Phi) is 26.2. The maximum atomic E-state index is 12.6. The number of hydrogen-bond acceptors (Lipinski definition) is 4. The SMILES string of the molecule is CCCCCC/C(O)=C(/O)CCCCCCC(C(N)=O)C(=O)CCCCCCC/C=C\CCCCCCC(C)C. The van der Waals surface area contributed by atoms with Crippen molar-refractivity contribution in [3.8, 4) is 0 Å². The Labute approximate surface area is 247 Å². The Bertz CT molecular complexity index is 683. The van der Waals surface area contributed by atoms with Gasteiger partial charge >= 0.3 is 0 Å². The molecule has 0 spiro atoms. The van der Waals surface area contributed by atoms with Gasteiger partial charge in [-0.3, -0.25) is 9.59 Å². The predicted octanol–water partition coefficient (Wildman–Crippen LogP) is 10.6. The zero-order chi connectivity index (χ0) is 29.8. The van der Waals surface area contributed by atoms with Crippen LogP contribution in [0.3, 0.4) is 0 Å². The van der Waals surface area contributed by atoms with Gasteiger partial charge in [0.05, 0.1) is 5.92 Å². The number of rotatable bonds is 29. The van der Waals surface area contributed by atoms with E-state index in [1.165, 1.54) is 51.4 Å². The van der Waals surface area contributed by atoms with Gasteiger partial charge in [-0.2, -0.15) is 0 Å². The molecule has 5 heteroatoms. The van der Waals surface area contributed by atoms with Crippen LogP contribution in [0.4, 0.5) is 0 Å². The van der Waals surface area contributed by atoms with E-state index in [0.29, 0.717) is 25.7 Å². The molecule has 1 unspecified atom stereocenters. The summed E-state index contributed by atoms with van der Waals surface area (Å²) in [7, 11) is 0. The maximum Gasteiger partial charge on any atom is 0.227 e. The molecule has 0 aliphatic carbocycles. The molecule has 0 aromatic heterocycles. The van der Waals surface area contributed by atoms with Gasteiger partial charge in [0.1, 0.15) is 17.3 Å². The summed E-state index contributed by atoms with van der Waals surface area (Å²) < 4.78 is 0. The van der Waals surface area contributed by atoms with Gasteiger partial charge < -0.3 is 15.9 Å². The van der Waals surface area contributed by atoms with Crippen LogP contribution in [0.5, 0.6) is 0 Å². The van der Waals surface area contributed by atoms with Crippen LogP contribution in [0.25, 0.3) is 0 Å². The van der Waals surface area contributed by atoms with Gasteiger partial charge in [-0.25, -0.2) is 0 Å². The lowest BCUT2D eigenvalue weighted by atomic mass is 9.92. The Morgan fingerprint density at radius 3 is 1.52 bits per heavy atom. The van der Waals surface area contributed by atoms with Gasteiger partial charge in [0.25, 0.3) is 0 Å². The summed E-state index contributed by atoms with van der Waals surface area (Å²) in [5.41, 5.74) is 5.54. The molecular formula is C35H65NO4. The van der Waals surface area contributed by atoms with Crippen LogP contribution in [0.15, 0.2) is 23.7 Å². The molecule has 4 N–H and O–H groups in total. The van der Waals surface area contributed by atoms with Crippen LogP contribution in [0.2, 0.25) is 0 Å². The second kappa shape index (κ2) is 27.4. The molecule has 0 aromatic rings. The summed E-state index contributed by atoms with van der Waals surface area (Å²) in [6.07, 6.45) is 28.8. The average Bonchev–Trinajstić information content (AvgIpc) is 2.91. The predicted molar refractivity (Wildman–Crippen MR) is 170 cm³/mol. The van der Waals surface area contributed by atoms with Crippen LogP contribution < -0.4 is 5.73 Å². The number of aliphatic hydroxyl groups is 2. The molecule has 0 heterocycles. The number of carbonyl (C=O) groups is 2. The quantitative estimate of drug-likeness (QED) is 0.0364. The maximum absolute atomic E-state index is 12.6. The molecule has 0 fully saturated rings. The van der Waals surface area contributed by atoms with Crippen molar-refractivity contribution in [2.75, 3.05) is 0 Å². The van der Waals surface area contributed by atoms with E-state index in [1.54, 1.807) is 0 Å². The van der Waals surface area contributed by atoms with Crippen LogP contribution in [0, 0.1) is 11.8 Å². The minimum absolute atomic E-state index is 0.00628. The molecule has 1 amide bonds. The van der Waals surface area contributed by atoms with Crippen molar-refractivity contribution >= 4 is 11.7 Å². The van der Waals surface area contributed by atoms with Crippen LogP contribution in [0.1, 0.15) is 175 Å². The topological polar surface area (TPSA) is 101 Å². The summed E-state index contributed by atoms with van der Waals surface area (Å²) in [6.45, 7) is 6.74. The molecule has 0 bridgehead atoms. The molecule has 234 valence electrons. The number of Topliss-reactive ketones (excluding diaryl/α,β-unsaturated/α-hetero) is 1. The van der Waals surface area contributed by atoms with E-state index in [4.69, 9.17) is 5.73 Å². The molecule has 0 rings (SSSR count). The molecule has 0 saturated heterocycles. The second-order valence-corrected chi connectivity index (χ2v) is 12.2. The van der Waals surface area contributed by atoms with Crippen molar-refractivity contribution in [3.05, 3.63) is 23.7 Å². The number of ketones is 1. The third-order valence-electron chi connectivity index (χ3n) is 7.85. The standard InChI is InChI=1S/C35H65NO4/c1-4-5-6-22-28-33(38)34(39)29-24-19-18-21-26-31(35(36)40)32(37)27-23-17-15-13-11-9-7-8-10-12-14-16-20-25-30(2)3/h7-8,30-31,38-39H,4-6,9-29H2,1-3H3,(H2,36,40)/b8-7-,34-33-. The highest BCUT2D eigenvalue weighted by molar-refractivity contribution is 6.00. The van der Waals surface area contributed by atoms with Crippen molar-refractivity contribution < 1.29 is 19.8 Å². The molecule has 40 heavy (non-hydrogen) atoms. The first-order valence-electron chi connectivity index (χ1n) is 16.9. The molecule has 0 saturated carbocycles. The normalized spacial score (nSPS) is 13.2. The number of carbonyl (C=O) groups excluding carboxylic acids is 2. The summed E-state index contributed by atoms with van der Waals surface area (Å²) in [5.74, 6) is -0.108. The zero-order valence-electron chi connectivity index (χ0n) is 26.6. The van der Waals surface area contributed by atoms with E-state index in [1.807, 2.05) is 0 Å². The number of aliphatic hydroxyl groups excluding tert-OH is 2. The first-order chi connectivity index (χ1) is 19.3. The van der Waals surface area contributed by atoms with E-state index in [9.17, 15) is 19.8 Å². The lowest BCUT2D eigenvalue weighted by molar-refractivity contribution is -0.132. The lowest BCUT2D eigenvalue weighted by Crippen LogP contribution is -2.30. The van der Waals surface area contributed by atoms with Gasteiger partial charge in [-0.1, -0.05) is 116 Å². The van der Waals surface area contributed by atoms with Crippen molar-refractivity contribution in [2.24, 2.45) is 17.6 Å².